The monoisotopic (exact) mass is 279 g/mol. The average Bonchev–Trinajstić information content (AvgIpc) is 2.74. The largest absolute Gasteiger partial charge is 0.395 e. The van der Waals surface area contributed by atoms with E-state index in [4.69, 9.17) is 5.73 Å². The number of nitrogen functional groups attached to an aromatic ring is 1. The Hall–Kier alpha value is -1.56. The van der Waals surface area contributed by atoms with Crippen molar-refractivity contribution in [2.75, 3.05) is 25.9 Å². The quantitative estimate of drug-likeness (QED) is 0.775. The number of aromatic amines is 1. The smallest absolute Gasteiger partial charge is 0.274 e. The van der Waals surface area contributed by atoms with Crippen molar-refractivity contribution in [3.63, 3.8) is 0 Å². The van der Waals surface area contributed by atoms with Crippen molar-refractivity contribution in [1.29, 1.82) is 0 Å². The van der Waals surface area contributed by atoms with Crippen molar-refractivity contribution in [1.82, 2.24) is 20.4 Å². The Kier molecular flexibility index (Phi) is 4.32. The number of piperidine rings is 1. The lowest BCUT2D eigenvalue weighted by molar-refractivity contribution is 0.0879. The number of hydrogen-bond donors (Lipinski definition) is 3. The van der Waals surface area contributed by atoms with Crippen molar-refractivity contribution in [2.45, 2.75) is 39.2 Å². The predicted octanol–water partition coefficient (Wildman–Crippen LogP) is 1.19. The van der Waals surface area contributed by atoms with Crippen molar-refractivity contribution >= 4 is 11.6 Å². The van der Waals surface area contributed by atoms with Gasteiger partial charge in [0.15, 0.2) is 5.69 Å². The van der Waals surface area contributed by atoms with E-state index < -0.39 is 0 Å². The van der Waals surface area contributed by atoms with E-state index in [-0.39, 0.29) is 17.9 Å². The molecule has 112 valence electrons. The summed E-state index contributed by atoms with van der Waals surface area (Å²) in [5.41, 5.74) is 7.62. The van der Waals surface area contributed by atoms with Gasteiger partial charge in [0.2, 0.25) is 0 Å². The summed E-state index contributed by atoms with van der Waals surface area (Å²) in [6, 6.07) is 0.192. The first-order valence-electron chi connectivity index (χ1n) is 7.23. The molecule has 1 fully saturated rings. The first kappa shape index (κ1) is 14.8. The molecule has 1 amide bonds. The van der Waals surface area contributed by atoms with Gasteiger partial charge in [-0.3, -0.25) is 9.89 Å². The summed E-state index contributed by atoms with van der Waals surface area (Å²) in [6.07, 6.45) is 0.963. The van der Waals surface area contributed by atoms with Gasteiger partial charge in [0.1, 0.15) is 0 Å². The highest BCUT2D eigenvalue weighted by Gasteiger charge is 2.27. The van der Waals surface area contributed by atoms with E-state index >= 15 is 0 Å². The van der Waals surface area contributed by atoms with E-state index in [0.29, 0.717) is 17.3 Å². The van der Waals surface area contributed by atoms with Crippen LogP contribution in [0.15, 0.2) is 0 Å². The number of nitrogens with one attached hydrogen (secondary N) is 2. The fourth-order valence-electron chi connectivity index (χ4n) is 2.78. The fourth-order valence-corrected chi connectivity index (χ4v) is 2.78. The van der Waals surface area contributed by atoms with Crippen molar-refractivity contribution in [3.8, 4) is 0 Å². The highest BCUT2D eigenvalue weighted by molar-refractivity contribution is 5.97. The fraction of sp³-hybridized carbons (Fsp3) is 0.714. The molecule has 2 heterocycles. The molecule has 0 saturated carbocycles. The van der Waals surface area contributed by atoms with Gasteiger partial charge in [0.05, 0.1) is 11.4 Å². The van der Waals surface area contributed by atoms with Gasteiger partial charge in [-0.25, -0.2) is 0 Å². The second-order valence-electron chi connectivity index (χ2n) is 6.16. The molecular formula is C14H25N5O. The molecule has 2 atom stereocenters. The zero-order valence-electron chi connectivity index (χ0n) is 12.7. The van der Waals surface area contributed by atoms with E-state index in [1.165, 1.54) is 0 Å². The Morgan fingerprint density at radius 1 is 1.55 bits per heavy atom. The minimum atomic E-state index is -0.174. The summed E-state index contributed by atoms with van der Waals surface area (Å²) in [5, 5.41) is 10.0. The topological polar surface area (TPSA) is 87.0 Å². The van der Waals surface area contributed by atoms with Crippen LogP contribution in [0.3, 0.4) is 0 Å². The van der Waals surface area contributed by atoms with Crippen molar-refractivity contribution in [2.24, 2.45) is 5.92 Å². The zero-order chi connectivity index (χ0) is 14.9. The molecule has 0 radical (unpaired) electrons. The number of carbonyl (C=O) groups is 1. The van der Waals surface area contributed by atoms with E-state index in [1.807, 2.05) is 13.8 Å². The maximum Gasteiger partial charge on any atom is 0.274 e. The Balaban J connectivity index is 2.05. The minimum absolute atomic E-state index is 0.174. The summed E-state index contributed by atoms with van der Waals surface area (Å²) in [6.45, 7) is 8.20. The third-order valence-corrected chi connectivity index (χ3v) is 4.05. The Bertz CT molecular complexity index is 482. The molecule has 1 aliphatic heterocycles. The van der Waals surface area contributed by atoms with Gasteiger partial charge < -0.3 is 16.0 Å². The van der Waals surface area contributed by atoms with Gasteiger partial charge in [-0.2, -0.15) is 5.10 Å². The minimum Gasteiger partial charge on any atom is -0.395 e. The van der Waals surface area contributed by atoms with E-state index in [9.17, 15) is 4.79 Å². The maximum atomic E-state index is 12.3. The van der Waals surface area contributed by atoms with Crippen LogP contribution in [-0.4, -0.2) is 47.2 Å². The molecule has 20 heavy (non-hydrogen) atoms. The summed E-state index contributed by atoms with van der Waals surface area (Å²) >= 11 is 0. The molecular weight excluding hydrogens is 254 g/mol. The highest BCUT2D eigenvalue weighted by atomic mass is 16.2. The molecule has 1 aromatic rings. The number of likely N-dealkylation sites (tertiary alicyclic amines) is 1. The summed E-state index contributed by atoms with van der Waals surface area (Å²) in [5.74, 6) is 0.487. The molecule has 6 nitrogen and oxygen atoms in total. The first-order chi connectivity index (χ1) is 9.40. The van der Waals surface area contributed by atoms with Gasteiger partial charge >= 0.3 is 0 Å². The molecule has 0 spiro atoms. The molecule has 2 unspecified atom stereocenters. The van der Waals surface area contributed by atoms with Crippen LogP contribution in [0.4, 0.5) is 5.69 Å². The molecule has 0 aromatic carbocycles. The van der Waals surface area contributed by atoms with Crippen LogP contribution in [0.1, 0.15) is 49.3 Å². The van der Waals surface area contributed by atoms with E-state index in [2.05, 4.69) is 34.4 Å². The van der Waals surface area contributed by atoms with Crippen molar-refractivity contribution < 1.29 is 4.79 Å². The van der Waals surface area contributed by atoms with Crippen LogP contribution in [0.2, 0.25) is 0 Å². The molecule has 6 heteroatoms. The number of amides is 1. The summed E-state index contributed by atoms with van der Waals surface area (Å²) in [4.78, 5) is 14.6. The second-order valence-corrected chi connectivity index (χ2v) is 6.16. The number of nitrogens with zero attached hydrogens (tertiary/aromatic N) is 2. The van der Waals surface area contributed by atoms with Crippen LogP contribution < -0.4 is 11.1 Å². The predicted molar refractivity (Wildman–Crippen MR) is 79.6 cm³/mol. The van der Waals surface area contributed by atoms with Gasteiger partial charge in [-0.15, -0.1) is 0 Å². The second kappa shape index (κ2) is 5.83. The number of anilines is 1. The zero-order valence-corrected chi connectivity index (χ0v) is 12.7. The summed E-state index contributed by atoms with van der Waals surface area (Å²) < 4.78 is 0. The average molecular weight is 279 g/mol. The third kappa shape index (κ3) is 2.95. The Morgan fingerprint density at radius 3 is 2.80 bits per heavy atom. The lowest BCUT2D eigenvalue weighted by Gasteiger charge is -2.35. The number of hydrogen-bond acceptors (Lipinski definition) is 4. The number of carbonyl (C=O) groups excluding carboxylic acids is 1. The van der Waals surface area contributed by atoms with Crippen molar-refractivity contribution in [3.05, 3.63) is 11.4 Å². The van der Waals surface area contributed by atoms with Crippen LogP contribution in [-0.2, 0) is 0 Å². The molecule has 4 N–H and O–H groups in total. The summed E-state index contributed by atoms with van der Waals surface area (Å²) in [7, 11) is 2.11. The maximum absolute atomic E-state index is 12.3. The van der Waals surface area contributed by atoms with Crippen LogP contribution in [0, 0.1) is 5.92 Å². The lowest BCUT2D eigenvalue weighted by Crippen LogP contribution is -2.49. The molecule has 1 aromatic heterocycles. The van der Waals surface area contributed by atoms with Crippen LogP contribution in [0.25, 0.3) is 0 Å². The molecule has 0 aliphatic carbocycles. The van der Waals surface area contributed by atoms with Gasteiger partial charge in [0.25, 0.3) is 5.91 Å². The Labute approximate surface area is 120 Å². The van der Waals surface area contributed by atoms with Crippen LogP contribution >= 0.6 is 0 Å². The third-order valence-electron chi connectivity index (χ3n) is 4.05. The van der Waals surface area contributed by atoms with Crippen LogP contribution in [0.5, 0.6) is 0 Å². The first-order valence-corrected chi connectivity index (χ1v) is 7.23. The van der Waals surface area contributed by atoms with Gasteiger partial charge in [-0.1, -0.05) is 20.8 Å². The van der Waals surface area contributed by atoms with Gasteiger partial charge in [0, 0.05) is 12.6 Å². The normalized spacial score (nSPS) is 24.1. The van der Waals surface area contributed by atoms with E-state index in [1.54, 1.807) is 0 Å². The Morgan fingerprint density at radius 2 is 2.25 bits per heavy atom. The number of nitrogens with two attached hydrogens (primary N) is 1. The van der Waals surface area contributed by atoms with Gasteiger partial charge in [-0.05, 0) is 31.8 Å². The SMILES string of the molecule is CC(C)c1[nH]nc(C(=O)NC2CCN(C)CC2C)c1N. The standard InChI is InChI=1S/C14H25N5O/c1-8(2)12-11(15)13(18-17-12)14(20)16-10-5-6-19(4)7-9(10)3/h8-10H,5-7,15H2,1-4H3,(H,16,20)(H,17,18). The highest BCUT2D eigenvalue weighted by Crippen LogP contribution is 2.23. The van der Waals surface area contributed by atoms with E-state index in [0.717, 1.165) is 25.2 Å². The number of rotatable bonds is 3. The molecule has 0 bridgehead atoms. The lowest BCUT2D eigenvalue weighted by atomic mass is 9.94. The molecule has 1 saturated heterocycles. The molecule has 1 aliphatic rings. The molecule has 2 rings (SSSR count). The number of aromatic nitrogens is 2. The number of H-pyrrole nitrogens is 1.